The van der Waals surface area contributed by atoms with Gasteiger partial charge in [-0.2, -0.15) is 0 Å². The number of likely N-dealkylation sites (N-methyl/N-ethyl adjacent to an activating group) is 1. The largest absolute Gasteiger partial charge is 0.478 e. The number of amides is 1. The number of halogens is 1. The van der Waals surface area contributed by atoms with Crippen molar-refractivity contribution in [3.63, 3.8) is 0 Å². The molecule has 0 radical (unpaired) electrons. The fourth-order valence-corrected chi connectivity index (χ4v) is 1.30. The van der Waals surface area contributed by atoms with Gasteiger partial charge in [-0.05, 0) is 38.1 Å². The van der Waals surface area contributed by atoms with Crippen molar-refractivity contribution in [2.45, 2.75) is 19.4 Å². The molecule has 94 valence electrons. The summed E-state index contributed by atoms with van der Waals surface area (Å²) in [6.07, 6.45) is 0. The van der Waals surface area contributed by atoms with Gasteiger partial charge in [-0.25, -0.2) is 9.45 Å². The zero-order valence-corrected chi connectivity index (χ0v) is 10.4. The van der Waals surface area contributed by atoms with Gasteiger partial charge in [0.2, 0.25) is 0 Å². The second-order valence-corrected chi connectivity index (χ2v) is 4.05. The minimum Gasteiger partial charge on any atom is -0.478 e. The topological polar surface area (TPSA) is 38.8 Å². The van der Waals surface area contributed by atoms with Crippen LogP contribution in [0.3, 0.4) is 0 Å². The first-order valence-corrected chi connectivity index (χ1v) is 5.13. The van der Waals surface area contributed by atoms with Crippen LogP contribution >= 0.6 is 0 Å². The minimum atomic E-state index is -1.08. The van der Waals surface area contributed by atoms with Gasteiger partial charge < -0.3 is 4.74 Å². The van der Waals surface area contributed by atoms with E-state index >= 15 is 0 Å². The maximum absolute atomic E-state index is 12.7. The Hall–Kier alpha value is -1.62. The average Bonchev–Trinajstić information content (AvgIpc) is 2.30. The number of carbonyl (C=O) groups excluding carboxylic acids is 1. The monoisotopic (exact) mass is 241 g/mol. The molecule has 0 aliphatic rings. The Labute approximate surface area is 99.9 Å². The number of hydroxylamine groups is 2. The van der Waals surface area contributed by atoms with Crippen LogP contribution in [-0.2, 0) is 9.63 Å². The number of ether oxygens (including phenoxy) is 1. The van der Waals surface area contributed by atoms with Gasteiger partial charge in [0.15, 0.2) is 5.60 Å². The van der Waals surface area contributed by atoms with Crippen molar-refractivity contribution in [1.29, 1.82) is 0 Å². The van der Waals surface area contributed by atoms with Crippen LogP contribution in [0.5, 0.6) is 5.75 Å². The maximum atomic E-state index is 12.7. The Morgan fingerprint density at radius 2 is 1.82 bits per heavy atom. The van der Waals surface area contributed by atoms with Crippen LogP contribution in [0, 0.1) is 5.82 Å². The summed E-state index contributed by atoms with van der Waals surface area (Å²) in [4.78, 5) is 16.7. The molecule has 0 aromatic heterocycles. The summed E-state index contributed by atoms with van der Waals surface area (Å²) >= 11 is 0. The highest BCUT2D eigenvalue weighted by atomic mass is 19.1. The quantitative estimate of drug-likeness (QED) is 0.757. The first-order chi connectivity index (χ1) is 7.86. The second-order valence-electron chi connectivity index (χ2n) is 4.05. The lowest BCUT2D eigenvalue weighted by Gasteiger charge is -2.28. The van der Waals surface area contributed by atoms with Gasteiger partial charge in [0.1, 0.15) is 11.6 Å². The smallest absolute Gasteiger partial charge is 0.289 e. The summed E-state index contributed by atoms with van der Waals surface area (Å²) < 4.78 is 18.2. The summed E-state index contributed by atoms with van der Waals surface area (Å²) in [6, 6.07) is 5.49. The summed E-state index contributed by atoms with van der Waals surface area (Å²) in [5.74, 6) is -0.255. The number of hydrogen-bond donors (Lipinski definition) is 0. The zero-order valence-electron chi connectivity index (χ0n) is 10.4. The standard InChI is InChI=1S/C12H16FNO3/c1-12(2,11(15)14(3)16-4)17-10-7-5-9(13)6-8-10/h5-8H,1-4H3. The van der Waals surface area contributed by atoms with Gasteiger partial charge in [-0.1, -0.05) is 0 Å². The highest BCUT2D eigenvalue weighted by molar-refractivity contribution is 5.83. The van der Waals surface area contributed by atoms with Crippen LogP contribution in [0.15, 0.2) is 24.3 Å². The van der Waals surface area contributed by atoms with Crippen LogP contribution in [0.25, 0.3) is 0 Å². The molecule has 4 nitrogen and oxygen atoms in total. The van der Waals surface area contributed by atoms with Crippen LogP contribution in [-0.4, -0.2) is 30.7 Å². The molecule has 1 amide bonds. The second kappa shape index (κ2) is 5.14. The third-order valence-electron chi connectivity index (χ3n) is 2.26. The number of carbonyl (C=O) groups is 1. The molecule has 0 bridgehead atoms. The van der Waals surface area contributed by atoms with Crippen molar-refractivity contribution in [3.8, 4) is 5.75 Å². The molecule has 0 unspecified atom stereocenters. The van der Waals surface area contributed by atoms with Gasteiger partial charge in [-0.15, -0.1) is 0 Å². The molecule has 17 heavy (non-hydrogen) atoms. The molecule has 0 aliphatic heterocycles. The molecule has 5 heteroatoms. The zero-order chi connectivity index (χ0) is 13.1. The normalized spacial score (nSPS) is 11.1. The molecule has 0 fully saturated rings. The predicted octanol–water partition coefficient (Wildman–Crippen LogP) is 2.00. The van der Waals surface area contributed by atoms with Crippen LogP contribution in [0.1, 0.15) is 13.8 Å². The lowest BCUT2D eigenvalue weighted by Crippen LogP contribution is -2.46. The van der Waals surface area contributed by atoms with E-state index in [4.69, 9.17) is 9.57 Å². The molecule has 1 rings (SSSR count). The van der Waals surface area contributed by atoms with Crippen LogP contribution in [0.4, 0.5) is 4.39 Å². The Morgan fingerprint density at radius 3 is 2.29 bits per heavy atom. The molecule has 0 N–H and O–H groups in total. The van der Waals surface area contributed by atoms with Gasteiger partial charge in [0, 0.05) is 7.05 Å². The predicted molar refractivity (Wildman–Crippen MR) is 60.9 cm³/mol. The summed E-state index contributed by atoms with van der Waals surface area (Å²) in [5.41, 5.74) is -1.08. The first-order valence-electron chi connectivity index (χ1n) is 5.13. The van der Waals surface area contributed by atoms with Crippen LogP contribution in [0.2, 0.25) is 0 Å². The van der Waals surface area contributed by atoms with Crippen molar-refractivity contribution in [3.05, 3.63) is 30.1 Å². The molecule has 0 aliphatic carbocycles. The molecule has 0 atom stereocenters. The summed E-state index contributed by atoms with van der Waals surface area (Å²) in [6.45, 7) is 3.24. The number of nitrogens with zero attached hydrogens (tertiary/aromatic N) is 1. The van der Waals surface area contributed by atoms with Gasteiger partial charge >= 0.3 is 0 Å². The van der Waals surface area contributed by atoms with Crippen molar-refractivity contribution in [2.75, 3.05) is 14.2 Å². The Bertz CT molecular complexity index is 389. The Kier molecular flexibility index (Phi) is 4.07. The van der Waals surface area contributed by atoms with Gasteiger partial charge in [0.05, 0.1) is 7.11 Å². The molecule has 1 aromatic rings. The number of hydrogen-bond acceptors (Lipinski definition) is 3. The van der Waals surface area contributed by atoms with E-state index in [2.05, 4.69) is 0 Å². The molecule has 0 spiro atoms. The first kappa shape index (κ1) is 13.4. The van der Waals surface area contributed by atoms with E-state index in [1.54, 1.807) is 13.8 Å². The van der Waals surface area contributed by atoms with E-state index in [1.165, 1.54) is 38.4 Å². The Morgan fingerprint density at radius 1 is 1.29 bits per heavy atom. The average molecular weight is 241 g/mol. The van der Waals surface area contributed by atoms with Crippen molar-refractivity contribution in [1.82, 2.24) is 5.06 Å². The summed E-state index contributed by atoms with van der Waals surface area (Å²) in [7, 11) is 2.89. The molecule has 0 saturated heterocycles. The SMILES string of the molecule is CON(C)C(=O)C(C)(C)Oc1ccc(F)cc1. The molecule has 1 aromatic carbocycles. The Balaban J connectivity index is 2.78. The highest BCUT2D eigenvalue weighted by Gasteiger charge is 2.33. The lowest BCUT2D eigenvalue weighted by atomic mass is 10.1. The van der Waals surface area contributed by atoms with Gasteiger partial charge in [-0.3, -0.25) is 9.63 Å². The third kappa shape index (κ3) is 3.42. The van der Waals surface area contributed by atoms with Crippen molar-refractivity contribution >= 4 is 5.91 Å². The van der Waals surface area contributed by atoms with E-state index in [9.17, 15) is 9.18 Å². The van der Waals surface area contributed by atoms with Crippen molar-refractivity contribution < 1.29 is 18.8 Å². The fourth-order valence-electron chi connectivity index (χ4n) is 1.30. The lowest BCUT2D eigenvalue weighted by molar-refractivity contribution is -0.183. The third-order valence-corrected chi connectivity index (χ3v) is 2.26. The molecule has 0 saturated carbocycles. The summed E-state index contributed by atoms with van der Waals surface area (Å²) in [5, 5.41) is 1.09. The molecular formula is C12H16FNO3. The van der Waals surface area contributed by atoms with E-state index < -0.39 is 5.60 Å². The van der Waals surface area contributed by atoms with Crippen molar-refractivity contribution in [2.24, 2.45) is 0 Å². The van der Waals surface area contributed by atoms with E-state index in [-0.39, 0.29) is 11.7 Å². The van der Waals surface area contributed by atoms with Crippen LogP contribution < -0.4 is 4.74 Å². The minimum absolute atomic E-state index is 0.329. The van der Waals surface area contributed by atoms with E-state index in [0.717, 1.165) is 5.06 Å². The highest BCUT2D eigenvalue weighted by Crippen LogP contribution is 2.20. The van der Waals surface area contributed by atoms with E-state index in [1.807, 2.05) is 0 Å². The maximum Gasteiger partial charge on any atom is 0.289 e. The molecule has 0 heterocycles. The van der Waals surface area contributed by atoms with Gasteiger partial charge in [0.25, 0.3) is 5.91 Å². The number of rotatable bonds is 4. The van der Waals surface area contributed by atoms with E-state index in [0.29, 0.717) is 5.75 Å². The molecular weight excluding hydrogens is 225 g/mol. The number of benzene rings is 1. The fraction of sp³-hybridized carbons (Fsp3) is 0.417.